The fraction of sp³-hybridized carbons (Fsp3) is 0.800. The van der Waals surface area contributed by atoms with Crippen LogP contribution in [0.2, 0.25) is 0 Å². The van der Waals surface area contributed by atoms with E-state index in [1.807, 2.05) is 4.90 Å². The highest BCUT2D eigenvalue weighted by molar-refractivity contribution is 8.01. The molecule has 1 aliphatic carbocycles. The second-order valence-corrected chi connectivity index (χ2v) is 7.75. The van der Waals surface area contributed by atoms with E-state index in [2.05, 4.69) is 22.4 Å². The van der Waals surface area contributed by atoms with Gasteiger partial charge in [-0.3, -0.25) is 4.79 Å². The van der Waals surface area contributed by atoms with E-state index in [1.165, 1.54) is 42.4 Å². The number of carbonyl (C=O) groups excluding carboxylic acids is 1. The van der Waals surface area contributed by atoms with E-state index < -0.39 is 0 Å². The molecule has 0 atom stereocenters. The molecule has 130 valence electrons. The van der Waals surface area contributed by atoms with Crippen molar-refractivity contribution >= 4 is 34.1 Å². The Kier molecular flexibility index (Phi) is 8.11. The largest absolute Gasteiger partial charge is 0.383 e. The highest BCUT2D eigenvalue weighted by Crippen LogP contribution is 2.27. The van der Waals surface area contributed by atoms with Crippen LogP contribution in [0.3, 0.4) is 0 Å². The molecule has 6 nitrogen and oxygen atoms in total. The number of ether oxygens (including phenoxy) is 1. The van der Waals surface area contributed by atoms with Gasteiger partial charge in [-0.2, -0.15) is 0 Å². The van der Waals surface area contributed by atoms with Gasteiger partial charge in [-0.1, -0.05) is 42.4 Å². The number of hydrogen-bond acceptors (Lipinski definition) is 7. The second kappa shape index (κ2) is 10.1. The number of methoxy groups -OCH3 is 1. The third-order valence-electron chi connectivity index (χ3n) is 3.98. The van der Waals surface area contributed by atoms with Gasteiger partial charge >= 0.3 is 0 Å². The van der Waals surface area contributed by atoms with Crippen molar-refractivity contribution in [2.45, 2.75) is 49.4 Å². The molecule has 0 aromatic carbocycles. The Labute approximate surface area is 146 Å². The normalized spacial score (nSPS) is 15.6. The van der Waals surface area contributed by atoms with Crippen molar-refractivity contribution in [2.75, 3.05) is 37.9 Å². The average Bonchev–Trinajstić information content (AvgIpc) is 3.03. The van der Waals surface area contributed by atoms with Crippen LogP contribution in [-0.2, 0) is 9.53 Å². The van der Waals surface area contributed by atoms with Gasteiger partial charge in [0, 0.05) is 26.2 Å². The number of aromatic nitrogens is 2. The molecule has 8 heteroatoms. The Morgan fingerprint density at radius 3 is 2.87 bits per heavy atom. The van der Waals surface area contributed by atoms with Crippen LogP contribution < -0.4 is 5.32 Å². The van der Waals surface area contributed by atoms with Crippen LogP contribution in [0.5, 0.6) is 0 Å². The molecular formula is C15H26N4O2S2. The Morgan fingerprint density at radius 1 is 1.39 bits per heavy atom. The minimum Gasteiger partial charge on any atom is -0.383 e. The molecule has 0 spiro atoms. The zero-order chi connectivity index (χ0) is 16.5. The van der Waals surface area contributed by atoms with Crippen molar-refractivity contribution < 1.29 is 9.53 Å². The van der Waals surface area contributed by atoms with E-state index in [4.69, 9.17) is 4.74 Å². The number of nitrogens with zero attached hydrogens (tertiary/aromatic N) is 3. The maximum absolute atomic E-state index is 12.5. The fourth-order valence-electron chi connectivity index (χ4n) is 2.84. The van der Waals surface area contributed by atoms with Crippen LogP contribution in [0, 0.1) is 0 Å². The summed E-state index contributed by atoms with van der Waals surface area (Å²) in [5.41, 5.74) is 0. The number of carbonyl (C=O) groups is 1. The molecule has 23 heavy (non-hydrogen) atoms. The van der Waals surface area contributed by atoms with E-state index >= 15 is 0 Å². The molecule has 0 saturated heterocycles. The Bertz CT molecular complexity index is 478. The molecule has 0 aliphatic heterocycles. The molecule has 1 heterocycles. The average molecular weight is 359 g/mol. The van der Waals surface area contributed by atoms with Crippen molar-refractivity contribution in [1.82, 2.24) is 15.1 Å². The summed E-state index contributed by atoms with van der Waals surface area (Å²) in [6.07, 6.45) is 6.09. The molecule has 1 aromatic heterocycles. The smallest absolute Gasteiger partial charge is 0.233 e. The summed E-state index contributed by atoms with van der Waals surface area (Å²) < 4.78 is 5.82. The fourth-order valence-corrected chi connectivity index (χ4v) is 4.50. The number of amides is 1. The lowest BCUT2D eigenvalue weighted by atomic mass is 9.94. The van der Waals surface area contributed by atoms with Gasteiger partial charge in [0.05, 0.1) is 12.4 Å². The van der Waals surface area contributed by atoms with Gasteiger partial charge < -0.3 is 15.0 Å². The minimum atomic E-state index is 0.216. The van der Waals surface area contributed by atoms with E-state index in [0.29, 0.717) is 24.9 Å². The van der Waals surface area contributed by atoms with Gasteiger partial charge in [0.1, 0.15) is 0 Å². The minimum absolute atomic E-state index is 0.216. The molecule has 1 amide bonds. The summed E-state index contributed by atoms with van der Waals surface area (Å²) in [6, 6.07) is 0.433. The Balaban J connectivity index is 1.78. The monoisotopic (exact) mass is 358 g/mol. The topological polar surface area (TPSA) is 67.4 Å². The van der Waals surface area contributed by atoms with Gasteiger partial charge in [-0.05, 0) is 19.8 Å². The van der Waals surface area contributed by atoms with Crippen molar-refractivity contribution in [3.63, 3.8) is 0 Å². The zero-order valence-corrected chi connectivity index (χ0v) is 15.5. The first kappa shape index (κ1) is 18.5. The summed E-state index contributed by atoms with van der Waals surface area (Å²) in [7, 11) is 1.67. The number of thioether (sulfide) groups is 1. The predicted molar refractivity (Wildman–Crippen MR) is 95.3 cm³/mol. The first-order valence-corrected chi connectivity index (χ1v) is 10.0. The summed E-state index contributed by atoms with van der Waals surface area (Å²) >= 11 is 2.96. The Hall–Kier alpha value is -0.860. The van der Waals surface area contributed by atoms with Crippen LogP contribution in [0.1, 0.15) is 39.0 Å². The van der Waals surface area contributed by atoms with Crippen molar-refractivity contribution in [2.24, 2.45) is 0 Å². The number of nitrogens with one attached hydrogen (secondary N) is 1. The van der Waals surface area contributed by atoms with Crippen molar-refractivity contribution in [1.29, 1.82) is 0 Å². The number of rotatable bonds is 9. The quantitative estimate of drug-likeness (QED) is 0.541. The second-order valence-electron chi connectivity index (χ2n) is 5.55. The lowest BCUT2D eigenvalue weighted by Crippen LogP contribution is -2.42. The third-order valence-corrected chi connectivity index (χ3v) is 5.98. The maximum atomic E-state index is 12.5. The van der Waals surface area contributed by atoms with E-state index in [1.54, 1.807) is 7.11 Å². The summed E-state index contributed by atoms with van der Waals surface area (Å²) in [4.78, 5) is 14.5. The van der Waals surface area contributed by atoms with E-state index in [9.17, 15) is 4.79 Å². The van der Waals surface area contributed by atoms with Crippen LogP contribution >= 0.6 is 23.1 Å². The van der Waals surface area contributed by atoms with Gasteiger partial charge in [0.2, 0.25) is 11.0 Å². The van der Waals surface area contributed by atoms with Crippen LogP contribution in [0.4, 0.5) is 5.13 Å². The van der Waals surface area contributed by atoms with Gasteiger partial charge in [-0.15, -0.1) is 10.2 Å². The molecular weight excluding hydrogens is 332 g/mol. The summed E-state index contributed by atoms with van der Waals surface area (Å²) in [5, 5.41) is 12.1. The molecule has 0 radical (unpaired) electrons. The van der Waals surface area contributed by atoms with Gasteiger partial charge in [-0.25, -0.2) is 0 Å². The molecule has 1 fully saturated rings. The summed E-state index contributed by atoms with van der Waals surface area (Å²) in [5.74, 6) is 0.658. The summed E-state index contributed by atoms with van der Waals surface area (Å²) in [6.45, 7) is 4.21. The maximum Gasteiger partial charge on any atom is 0.233 e. The highest BCUT2D eigenvalue weighted by atomic mass is 32.2. The first-order chi connectivity index (χ1) is 11.2. The standard InChI is InChI=1S/C15H26N4O2S2/c1-3-19(12-7-5-4-6-8-12)13(20)11-22-15-18-17-14(23-15)16-9-10-21-2/h12H,3-11H2,1-2H3,(H,16,17). The van der Waals surface area contributed by atoms with Gasteiger partial charge in [0.25, 0.3) is 0 Å². The van der Waals surface area contributed by atoms with E-state index in [0.717, 1.165) is 28.9 Å². The van der Waals surface area contributed by atoms with Crippen molar-refractivity contribution in [3.8, 4) is 0 Å². The zero-order valence-electron chi connectivity index (χ0n) is 13.9. The molecule has 1 N–H and O–H groups in total. The number of hydrogen-bond donors (Lipinski definition) is 1. The number of anilines is 1. The highest BCUT2D eigenvalue weighted by Gasteiger charge is 2.24. The van der Waals surface area contributed by atoms with Crippen molar-refractivity contribution in [3.05, 3.63) is 0 Å². The molecule has 0 unspecified atom stereocenters. The van der Waals surface area contributed by atoms with Crippen LogP contribution in [0.25, 0.3) is 0 Å². The van der Waals surface area contributed by atoms with Crippen LogP contribution in [0.15, 0.2) is 4.34 Å². The molecule has 0 bridgehead atoms. The molecule has 1 aromatic rings. The Morgan fingerprint density at radius 2 is 2.17 bits per heavy atom. The SMILES string of the molecule is CCN(C(=O)CSc1nnc(NCCOC)s1)C1CCCCC1. The lowest BCUT2D eigenvalue weighted by Gasteiger charge is -2.33. The predicted octanol–water partition coefficient (Wildman–Crippen LogP) is 2.87. The van der Waals surface area contributed by atoms with E-state index in [-0.39, 0.29) is 5.91 Å². The molecule has 1 saturated carbocycles. The van der Waals surface area contributed by atoms with Crippen LogP contribution in [-0.4, -0.2) is 59.6 Å². The third kappa shape index (κ3) is 5.93. The first-order valence-electron chi connectivity index (χ1n) is 8.23. The van der Waals surface area contributed by atoms with Gasteiger partial charge in [0.15, 0.2) is 4.34 Å². The molecule has 1 aliphatic rings. The molecule has 2 rings (SSSR count). The lowest BCUT2D eigenvalue weighted by molar-refractivity contribution is -0.131.